The van der Waals surface area contributed by atoms with Gasteiger partial charge in [-0.1, -0.05) is 12.1 Å². The predicted octanol–water partition coefficient (Wildman–Crippen LogP) is 4.61. The van der Waals surface area contributed by atoms with Crippen molar-refractivity contribution in [1.82, 2.24) is 0 Å². The Morgan fingerprint density at radius 2 is 1.71 bits per heavy atom. The van der Waals surface area contributed by atoms with Crippen LogP contribution in [0.5, 0.6) is 0 Å². The molecule has 0 bridgehead atoms. The van der Waals surface area contributed by atoms with E-state index in [9.17, 15) is 9.59 Å². The molecule has 0 atom stereocenters. The predicted molar refractivity (Wildman–Crippen MR) is 111 cm³/mol. The zero-order chi connectivity index (χ0) is 20.3. The van der Waals surface area contributed by atoms with Gasteiger partial charge in [-0.2, -0.15) is 0 Å². The number of fused-ring (bicyclic) bond motifs is 1. The molecule has 0 aliphatic carbocycles. The van der Waals surface area contributed by atoms with Crippen LogP contribution in [0.2, 0.25) is 0 Å². The fourth-order valence-electron chi connectivity index (χ4n) is 3.27. The minimum Gasteiger partial charge on any atom is -0.457 e. The maximum absolute atomic E-state index is 12.4. The van der Waals surface area contributed by atoms with E-state index in [1.54, 1.807) is 12.1 Å². The normalized spacial score (nSPS) is 10.9. The van der Waals surface area contributed by atoms with Crippen molar-refractivity contribution in [3.05, 3.63) is 75.1 Å². The lowest BCUT2D eigenvalue weighted by Crippen LogP contribution is -2.21. The molecule has 0 fully saturated rings. The zero-order valence-corrected chi connectivity index (χ0v) is 16.7. The monoisotopic (exact) mass is 379 g/mol. The van der Waals surface area contributed by atoms with Gasteiger partial charge < -0.3 is 14.1 Å². The van der Waals surface area contributed by atoms with Crippen molar-refractivity contribution in [3.8, 4) is 0 Å². The van der Waals surface area contributed by atoms with Crippen LogP contribution >= 0.6 is 0 Å². The third kappa shape index (κ3) is 3.93. The van der Waals surface area contributed by atoms with Crippen LogP contribution < -0.4 is 10.5 Å². The summed E-state index contributed by atoms with van der Waals surface area (Å²) in [6.07, 6.45) is 0. The van der Waals surface area contributed by atoms with E-state index in [0.29, 0.717) is 16.7 Å². The van der Waals surface area contributed by atoms with Crippen LogP contribution in [0.15, 0.2) is 51.7 Å². The minimum atomic E-state index is -0.448. The number of ether oxygens (including phenoxy) is 1. The molecule has 0 N–H and O–H groups in total. The molecular formula is C23H25NO4. The molecule has 146 valence electrons. The van der Waals surface area contributed by atoms with Gasteiger partial charge in [0.25, 0.3) is 0 Å². The molecule has 0 saturated carbocycles. The number of nitrogens with zero attached hydrogens (tertiary/aromatic N) is 1. The number of benzene rings is 2. The van der Waals surface area contributed by atoms with Crippen LogP contribution in [0.1, 0.15) is 40.9 Å². The van der Waals surface area contributed by atoms with Gasteiger partial charge in [0.2, 0.25) is 0 Å². The Bertz CT molecular complexity index is 1050. The van der Waals surface area contributed by atoms with E-state index in [-0.39, 0.29) is 6.61 Å². The average molecular weight is 379 g/mol. The maximum atomic E-state index is 12.4. The Hall–Kier alpha value is -3.08. The van der Waals surface area contributed by atoms with Crippen molar-refractivity contribution in [2.75, 3.05) is 18.0 Å². The second kappa shape index (κ2) is 8.30. The van der Waals surface area contributed by atoms with Crippen molar-refractivity contribution < 1.29 is 13.9 Å². The molecule has 1 aromatic heterocycles. The summed E-state index contributed by atoms with van der Waals surface area (Å²) in [6.45, 7) is 9.88. The largest absolute Gasteiger partial charge is 0.457 e. The highest BCUT2D eigenvalue weighted by atomic mass is 16.5. The Morgan fingerprint density at radius 3 is 2.36 bits per heavy atom. The summed E-state index contributed by atoms with van der Waals surface area (Å²) in [5.41, 5.74) is 4.24. The molecule has 1 heterocycles. The summed E-state index contributed by atoms with van der Waals surface area (Å²) < 4.78 is 10.8. The molecule has 0 spiro atoms. The number of carbonyl (C=O) groups is 1. The summed E-state index contributed by atoms with van der Waals surface area (Å²) >= 11 is 0. The maximum Gasteiger partial charge on any atom is 0.338 e. The third-order valence-electron chi connectivity index (χ3n) is 5.11. The van der Waals surface area contributed by atoms with E-state index in [2.05, 4.69) is 18.7 Å². The SMILES string of the molecule is CCN(CC)c1ccc(C(=O)OCc2cc(=O)oc3c(C)c(C)ccc23)cc1. The third-order valence-corrected chi connectivity index (χ3v) is 5.11. The van der Waals surface area contributed by atoms with Gasteiger partial charge in [0.1, 0.15) is 12.2 Å². The Labute approximate surface area is 164 Å². The van der Waals surface area contributed by atoms with Crippen LogP contribution in [0.4, 0.5) is 5.69 Å². The summed E-state index contributed by atoms with van der Waals surface area (Å²) in [6, 6.07) is 12.6. The number of anilines is 1. The highest BCUT2D eigenvalue weighted by Gasteiger charge is 2.13. The van der Waals surface area contributed by atoms with E-state index < -0.39 is 11.6 Å². The number of carbonyl (C=O) groups excluding carboxylic acids is 1. The molecule has 5 nitrogen and oxygen atoms in total. The molecule has 0 aliphatic rings. The van der Waals surface area contributed by atoms with Gasteiger partial charge in [0, 0.05) is 35.8 Å². The van der Waals surface area contributed by atoms with E-state index >= 15 is 0 Å². The lowest BCUT2D eigenvalue weighted by molar-refractivity contribution is 0.0474. The highest BCUT2D eigenvalue weighted by Crippen LogP contribution is 2.24. The summed E-state index contributed by atoms with van der Waals surface area (Å²) in [5.74, 6) is -0.420. The van der Waals surface area contributed by atoms with Gasteiger partial charge in [-0.15, -0.1) is 0 Å². The molecule has 0 unspecified atom stereocenters. The smallest absolute Gasteiger partial charge is 0.338 e. The molecule has 2 aromatic carbocycles. The first-order valence-electron chi connectivity index (χ1n) is 9.49. The number of esters is 1. The average Bonchev–Trinajstić information content (AvgIpc) is 2.70. The standard InChI is InChI=1S/C23H25NO4/c1-5-24(6-2)19-10-8-17(9-11-19)23(26)27-14-18-13-21(25)28-22-16(4)15(3)7-12-20(18)22/h7-13H,5-6,14H2,1-4H3. The summed E-state index contributed by atoms with van der Waals surface area (Å²) in [5, 5.41) is 0.785. The van der Waals surface area contributed by atoms with Gasteiger partial charge in [-0.05, 0) is 63.1 Å². The molecular weight excluding hydrogens is 354 g/mol. The van der Waals surface area contributed by atoms with Gasteiger partial charge >= 0.3 is 11.6 Å². The van der Waals surface area contributed by atoms with E-state index in [1.165, 1.54) is 6.07 Å². The molecule has 0 aliphatic heterocycles. The minimum absolute atomic E-state index is 0.0151. The van der Waals surface area contributed by atoms with Crippen molar-refractivity contribution in [2.24, 2.45) is 0 Å². The summed E-state index contributed by atoms with van der Waals surface area (Å²) in [4.78, 5) is 26.6. The Balaban J connectivity index is 1.80. The van der Waals surface area contributed by atoms with Crippen molar-refractivity contribution in [2.45, 2.75) is 34.3 Å². The Kier molecular flexibility index (Phi) is 5.83. The van der Waals surface area contributed by atoms with Crippen LogP contribution in [-0.2, 0) is 11.3 Å². The second-order valence-electron chi connectivity index (χ2n) is 6.77. The zero-order valence-electron chi connectivity index (χ0n) is 16.7. The first kappa shape index (κ1) is 19.7. The molecule has 5 heteroatoms. The van der Waals surface area contributed by atoms with Gasteiger partial charge in [-0.25, -0.2) is 9.59 Å². The van der Waals surface area contributed by atoms with E-state index in [0.717, 1.165) is 35.3 Å². The van der Waals surface area contributed by atoms with Crippen LogP contribution in [-0.4, -0.2) is 19.1 Å². The highest BCUT2D eigenvalue weighted by molar-refractivity contribution is 5.90. The van der Waals surface area contributed by atoms with Gasteiger partial charge in [0.15, 0.2) is 0 Å². The fourth-order valence-corrected chi connectivity index (χ4v) is 3.27. The van der Waals surface area contributed by atoms with Gasteiger partial charge in [-0.3, -0.25) is 0 Å². The lowest BCUT2D eigenvalue weighted by atomic mass is 10.0. The number of aryl methyl sites for hydroxylation is 2. The number of rotatable bonds is 6. The summed E-state index contributed by atoms with van der Waals surface area (Å²) in [7, 11) is 0. The van der Waals surface area contributed by atoms with Crippen molar-refractivity contribution in [3.63, 3.8) is 0 Å². The molecule has 28 heavy (non-hydrogen) atoms. The molecule has 3 aromatic rings. The topological polar surface area (TPSA) is 59.8 Å². The molecule has 0 saturated heterocycles. The molecule has 0 amide bonds. The van der Waals surface area contributed by atoms with Crippen LogP contribution in [0.25, 0.3) is 11.0 Å². The lowest BCUT2D eigenvalue weighted by Gasteiger charge is -2.20. The van der Waals surface area contributed by atoms with Crippen molar-refractivity contribution >= 4 is 22.6 Å². The first-order chi connectivity index (χ1) is 13.4. The van der Waals surface area contributed by atoms with E-state index in [1.807, 2.05) is 38.1 Å². The molecule has 3 rings (SSSR count). The Morgan fingerprint density at radius 1 is 1.04 bits per heavy atom. The van der Waals surface area contributed by atoms with Crippen LogP contribution in [0, 0.1) is 13.8 Å². The molecule has 0 radical (unpaired) electrons. The first-order valence-corrected chi connectivity index (χ1v) is 9.49. The van der Waals surface area contributed by atoms with E-state index in [4.69, 9.17) is 9.15 Å². The van der Waals surface area contributed by atoms with Crippen molar-refractivity contribution in [1.29, 1.82) is 0 Å². The quantitative estimate of drug-likeness (QED) is 0.462. The van der Waals surface area contributed by atoms with Gasteiger partial charge in [0.05, 0.1) is 5.56 Å². The number of hydrogen-bond donors (Lipinski definition) is 0. The number of hydrogen-bond acceptors (Lipinski definition) is 5. The van der Waals surface area contributed by atoms with Crippen LogP contribution in [0.3, 0.4) is 0 Å². The fraction of sp³-hybridized carbons (Fsp3) is 0.304. The second-order valence-corrected chi connectivity index (χ2v) is 6.77.